The monoisotopic (exact) mass is 304 g/mol. The molecule has 0 aliphatic heterocycles. The van der Waals surface area contributed by atoms with E-state index in [2.05, 4.69) is 5.32 Å². The Morgan fingerprint density at radius 1 is 1.24 bits per heavy atom. The molecular formula is C15H16N2O3S. The fourth-order valence-electron chi connectivity index (χ4n) is 1.94. The third-order valence-corrected chi connectivity index (χ3v) is 4.40. The zero-order valence-electron chi connectivity index (χ0n) is 11.8. The molecule has 0 spiro atoms. The average Bonchev–Trinajstić information content (AvgIpc) is 2.73. The molecule has 5 nitrogen and oxygen atoms in total. The van der Waals surface area contributed by atoms with E-state index in [0.29, 0.717) is 22.7 Å². The van der Waals surface area contributed by atoms with Crippen molar-refractivity contribution in [1.29, 1.82) is 0 Å². The Balaban J connectivity index is 2.27. The number of hydrogen-bond acceptors (Lipinski definition) is 4. The number of amides is 1. The quantitative estimate of drug-likeness (QED) is 0.809. The Morgan fingerprint density at radius 3 is 2.38 bits per heavy atom. The molecule has 0 aliphatic rings. The van der Waals surface area contributed by atoms with Crippen LogP contribution in [0.15, 0.2) is 24.3 Å². The summed E-state index contributed by atoms with van der Waals surface area (Å²) in [5.41, 5.74) is 7.74. The maximum absolute atomic E-state index is 12.2. The van der Waals surface area contributed by atoms with Gasteiger partial charge >= 0.3 is 5.97 Å². The summed E-state index contributed by atoms with van der Waals surface area (Å²) < 4.78 is 0. The number of rotatable bonds is 4. The minimum Gasteiger partial charge on any atom is -0.478 e. The highest BCUT2D eigenvalue weighted by atomic mass is 32.1. The number of anilines is 1. The highest BCUT2D eigenvalue weighted by molar-refractivity contribution is 7.16. The van der Waals surface area contributed by atoms with Crippen molar-refractivity contribution < 1.29 is 14.7 Å². The summed E-state index contributed by atoms with van der Waals surface area (Å²) in [6.45, 7) is 3.98. The number of carbonyl (C=O) groups excluding carboxylic acids is 1. The maximum atomic E-state index is 12.2. The lowest BCUT2D eigenvalue weighted by Gasteiger charge is -2.05. The van der Waals surface area contributed by atoms with Crippen molar-refractivity contribution in [3.05, 3.63) is 51.4 Å². The van der Waals surface area contributed by atoms with Crippen LogP contribution in [0.25, 0.3) is 0 Å². The Hall–Kier alpha value is -2.18. The van der Waals surface area contributed by atoms with Gasteiger partial charge in [0.1, 0.15) is 5.00 Å². The number of nitrogens with two attached hydrogens (primary N) is 1. The number of aryl methyl sites for hydroxylation is 1. The summed E-state index contributed by atoms with van der Waals surface area (Å²) in [5, 5.41) is 12.3. The van der Waals surface area contributed by atoms with E-state index in [4.69, 9.17) is 5.73 Å². The number of carboxylic acids is 1. The Morgan fingerprint density at radius 2 is 1.86 bits per heavy atom. The summed E-state index contributed by atoms with van der Waals surface area (Å²) in [6.07, 6.45) is 0. The van der Waals surface area contributed by atoms with Crippen molar-refractivity contribution in [2.24, 2.45) is 5.73 Å². The summed E-state index contributed by atoms with van der Waals surface area (Å²) in [7, 11) is 0. The molecule has 1 heterocycles. The smallest absolute Gasteiger partial charge is 0.338 e. The molecule has 1 aromatic heterocycles. The van der Waals surface area contributed by atoms with E-state index in [1.165, 1.54) is 11.3 Å². The Labute approximate surface area is 126 Å². The first kappa shape index (κ1) is 15.2. The fourth-order valence-corrected chi connectivity index (χ4v) is 2.99. The van der Waals surface area contributed by atoms with Crippen LogP contribution in [0.4, 0.5) is 5.00 Å². The standard InChI is InChI=1S/C15H16N2O3S/c1-8-9(2)21-14(12(8)15(19)20)17-13(18)11-5-3-10(7-16)4-6-11/h3-6H,7,16H2,1-2H3,(H,17,18)(H,19,20). The van der Waals surface area contributed by atoms with Gasteiger partial charge in [0.25, 0.3) is 5.91 Å². The van der Waals surface area contributed by atoms with Gasteiger partial charge in [0.05, 0.1) is 5.56 Å². The minimum atomic E-state index is -1.04. The first-order valence-corrected chi connectivity index (χ1v) is 7.19. The summed E-state index contributed by atoms with van der Waals surface area (Å²) in [5.74, 6) is -1.37. The molecule has 0 bridgehead atoms. The number of benzene rings is 1. The Kier molecular flexibility index (Phi) is 4.40. The SMILES string of the molecule is Cc1sc(NC(=O)c2ccc(CN)cc2)c(C(=O)O)c1C. The van der Waals surface area contributed by atoms with E-state index in [1.807, 2.05) is 6.92 Å². The van der Waals surface area contributed by atoms with Gasteiger partial charge < -0.3 is 16.2 Å². The first-order valence-electron chi connectivity index (χ1n) is 6.37. The van der Waals surface area contributed by atoms with E-state index in [1.54, 1.807) is 31.2 Å². The highest BCUT2D eigenvalue weighted by Gasteiger charge is 2.20. The summed E-state index contributed by atoms with van der Waals surface area (Å²) in [4.78, 5) is 24.4. The van der Waals surface area contributed by atoms with Crippen molar-refractivity contribution in [2.45, 2.75) is 20.4 Å². The number of aromatic carboxylic acids is 1. The molecular weight excluding hydrogens is 288 g/mol. The predicted molar refractivity (Wildman–Crippen MR) is 83.0 cm³/mol. The van der Waals surface area contributed by atoms with Gasteiger partial charge in [0.15, 0.2) is 0 Å². The maximum Gasteiger partial charge on any atom is 0.338 e. The second-order valence-electron chi connectivity index (χ2n) is 4.65. The van der Waals surface area contributed by atoms with E-state index in [9.17, 15) is 14.7 Å². The van der Waals surface area contributed by atoms with Crippen LogP contribution in [0.1, 0.15) is 36.7 Å². The Bertz CT molecular complexity index is 690. The van der Waals surface area contributed by atoms with Crippen molar-refractivity contribution >= 4 is 28.2 Å². The number of carbonyl (C=O) groups is 2. The van der Waals surface area contributed by atoms with E-state index >= 15 is 0 Å². The molecule has 0 aliphatic carbocycles. The van der Waals surface area contributed by atoms with Crippen molar-refractivity contribution in [3.63, 3.8) is 0 Å². The van der Waals surface area contributed by atoms with Crippen LogP contribution in [-0.4, -0.2) is 17.0 Å². The van der Waals surface area contributed by atoms with Crippen LogP contribution in [0, 0.1) is 13.8 Å². The van der Waals surface area contributed by atoms with E-state index in [-0.39, 0.29) is 11.5 Å². The molecule has 0 atom stereocenters. The molecule has 0 radical (unpaired) electrons. The molecule has 21 heavy (non-hydrogen) atoms. The van der Waals surface area contributed by atoms with Crippen LogP contribution in [0.2, 0.25) is 0 Å². The third kappa shape index (κ3) is 3.12. The molecule has 6 heteroatoms. The minimum absolute atomic E-state index is 0.157. The molecule has 1 amide bonds. The van der Waals surface area contributed by atoms with Crippen molar-refractivity contribution in [3.8, 4) is 0 Å². The van der Waals surface area contributed by atoms with Crippen LogP contribution < -0.4 is 11.1 Å². The second-order valence-corrected chi connectivity index (χ2v) is 5.87. The summed E-state index contributed by atoms with van der Waals surface area (Å²) >= 11 is 1.27. The molecule has 4 N–H and O–H groups in total. The van der Waals surface area contributed by atoms with Crippen LogP contribution in [0.3, 0.4) is 0 Å². The number of thiophene rings is 1. The average molecular weight is 304 g/mol. The lowest BCUT2D eigenvalue weighted by atomic mass is 10.1. The van der Waals surface area contributed by atoms with Gasteiger partial charge in [-0.2, -0.15) is 0 Å². The number of nitrogens with one attached hydrogen (secondary N) is 1. The van der Waals surface area contributed by atoms with E-state index < -0.39 is 5.97 Å². The van der Waals surface area contributed by atoms with Crippen LogP contribution in [-0.2, 0) is 6.54 Å². The predicted octanol–water partition coefficient (Wildman–Crippen LogP) is 2.77. The lowest BCUT2D eigenvalue weighted by molar-refractivity contribution is 0.0697. The van der Waals surface area contributed by atoms with Crippen LogP contribution >= 0.6 is 11.3 Å². The van der Waals surface area contributed by atoms with Gasteiger partial charge in [0, 0.05) is 17.0 Å². The van der Waals surface area contributed by atoms with Crippen LogP contribution in [0.5, 0.6) is 0 Å². The molecule has 0 unspecified atom stereocenters. The zero-order valence-corrected chi connectivity index (χ0v) is 12.6. The van der Waals surface area contributed by atoms with Gasteiger partial charge in [-0.25, -0.2) is 4.79 Å². The first-order chi connectivity index (χ1) is 9.93. The second kappa shape index (κ2) is 6.07. The molecule has 0 fully saturated rings. The van der Waals surface area contributed by atoms with E-state index in [0.717, 1.165) is 10.4 Å². The molecule has 2 rings (SSSR count). The van der Waals surface area contributed by atoms with Gasteiger partial charge in [-0.1, -0.05) is 12.1 Å². The highest BCUT2D eigenvalue weighted by Crippen LogP contribution is 2.32. The van der Waals surface area contributed by atoms with Gasteiger partial charge in [0.2, 0.25) is 0 Å². The molecule has 0 saturated heterocycles. The van der Waals surface area contributed by atoms with Crippen molar-refractivity contribution in [1.82, 2.24) is 0 Å². The fraction of sp³-hybridized carbons (Fsp3) is 0.200. The molecule has 110 valence electrons. The molecule has 1 aromatic carbocycles. The number of carboxylic acid groups (broad SMARTS) is 1. The zero-order chi connectivity index (χ0) is 15.6. The van der Waals surface area contributed by atoms with Gasteiger partial charge in [-0.3, -0.25) is 4.79 Å². The summed E-state index contributed by atoms with van der Waals surface area (Å²) in [6, 6.07) is 6.90. The lowest BCUT2D eigenvalue weighted by Crippen LogP contribution is -2.13. The third-order valence-electron chi connectivity index (χ3n) is 3.28. The molecule has 0 saturated carbocycles. The molecule has 2 aromatic rings. The van der Waals surface area contributed by atoms with Gasteiger partial charge in [-0.15, -0.1) is 11.3 Å². The largest absolute Gasteiger partial charge is 0.478 e. The number of hydrogen-bond donors (Lipinski definition) is 3. The topological polar surface area (TPSA) is 92.4 Å². The van der Waals surface area contributed by atoms with Crippen molar-refractivity contribution in [2.75, 3.05) is 5.32 Å². The van der Waals surface area contributed by atoms with Gasteiger partial charge in [-0.05, 0) is 37.1 Å². The normalized spacial score (nSPS) is 10.4.